The quantitative estimate of drug-likeness (QED) is 0.294. The monoisotopic (exact) mass is 521 g/mol. The molecule has 3 atom stereocenters. The largest absolute Gasteiger partial charge is 0.481 e. The number of fused-ring (bicyclic) bond motifs is 3. The second kappa shape index (κ2) is 11.3. The summed E-state index contributed by atoms with van der Waals surface area (Å²) in [7, 11) is -4.11. The lowest BCUT2D eigenvalue weighted by molar-refractivity contribution is -0.141. The smallest absolute Gasteiger partial charge is 0.407 e. The molecule has 37 heavy (non-hydrogen) atoms. The second-order valence-corrected chi connectivity index (χ2v) is 12.3. The van der Waals surface area contributed by atoms with Gasteiger partial charge in [0.25, 0.3) is 0 Å². The predicted molar refractivity (Wildman–Crippen MR) is 143 cm³/mol. The van der Waals surface area contributed by atoms with Gasteiger partial charge < -0.3 is 20.1 Å². The number of carboxylic acids is 1. The van der Waals surface area contributed by atoms with Gasteiger partial charge in [0.15, 0.2) is 0 Å². The first kappa shape index (κ1) is 26.6. The van der Waals surface area contributed by atoms with Crippen molar-refractivity contribution in [3.05, 3.63) is 95.6 Å². The lowest BCUT2D eigenvalue weighted by atomic mass is 9.98. The Balaban J connectivity index is 1.44. The SMILES string of the molecule is CC(C)C(NC(=O)OCC1c2ccccc2-c2ccccc21)P(=O)(O)CC(Cc1ccccc1)C(=O)O. The molecule has 0 radical (unpaired) electrons. The highest BCUT2D eigenvalue weighted by molar-refractivity contribution is 7.58. The Morgan fingerprint density at radius 2 is 1.46 bits per heavy atom. The minimum atomic E-state index is -4.11. The number of ether oxygens (including phenoxy) is 1. The fourth-order valence-corrected chi connectivity index (χ4v) is 7.43. The fourth-order valence-electron chi connectivity index (χ4n) is 5.05. The van der Waals surface area contributed by atoms with Gasteiger partial charge in [-0.2, -0.15) is 0 Å². The number of carbonyl (C=O) groups is 2. The predicted octanol–water partition coefficient (Wildman–Crippen LogP) is 5.72. The van der Waals surface area contributed by atoms with Crippen molar-refractivity contribution in [3.8, 4) is 11.1 Å². The van der Waals surface area contributed by atoms with E-state index in [0.717, 1.165) is 27.8 Å². The minimum absolute atomic E-state index is 0.0756. The van der Waals surface area contributed by atoms with Crippen molar-refractivity contribution in [3.63, 3.8) is 0 Å². The van der Waals surface area contributed by atoms with Crippen molar-refractivity contribution < 1.29 is 28.9 Å². The second-order valence-electron chi connectivity index (χ2n) is 9.82. The molecule has 0 aliphatic heterocycles. The number of hydrogen-bond donors (Lipinski definition) is 3. The number of alkyl carbamates (subject to hydrolysis) is 1. The average molecular weight is 522 g/mol. The third-order valence-electron chi connectivity index (χ3n) is 6.83. The van der Waals surface area contributed by atoms with Crippen LogP contribution in [0.2, 0.25) is 0 Å². The molecule has 0 aromatic heterocycles. The van der Waals surface area contributed by atoms with Gasteiger partial charge in [-0.3, -0.25) is 9.36 Å². The molecule has 0 spiro atoms. The number of benzene rings is 3. The zero-order chi connectivity index (χ0) is 26.6. The Kier molecular flexibility index (Phi) is 8.16. The molecule has 4 rings (SSSR count). The summed E-state index contributed by atoms with van der Waals surface area (Å²) in [6.07, 6.45) is -1.13. The highest BCUT2D eigenvalue weighted by Crippen LogP contribution is 2.50. The summed E-state index contributed by atoms with van der Waals surface area (Å²) in [5, 5.41) is 12.3. The summed E-state index contributed by atoms with van der Waals surface area (Å²) >= 11 is 0. The first-order valence-corrected chi connectivity index (χ1v) is 14.3. The van der Waals surface area contributed by atoms with Crippen LogP contribution < -0.4 is 5.32 Å². The number of nitrogens with one attached hydrogen (secondary N) is 1. The topological polar surface area (TPSA) is 113 Å². The number of amides is 1. The van der Waals surface area contributed by atoms with Gasteiger partial charge in [0.2, 0.25) is 7.37 Å². The van der Waals surface area contributed by atoms with Gasteiger partial charge >= 0.3 is 12.1 Å². The summed E-state index contributed by atoms with van der Waals surface area (Å²) in [5.41, 5.74) is 5.10. The van der Waals surface area contributed by atoms with Crippen LogP contribution in [-0.2, 0) is 20.5 Å². The molecule has 0 heterocycles. The molecular weight excluding hydrogens is 489 g/mol. The van der Waals surface area contributed by atoms with Gasteiger partial charge in [-0.05, 0) is 40.2 Å². The van der Waals surface area contributed by atoms with Crippen LogP contribution in [0.4, 0.5) is 4.79 Å². The lowest BCUT2D eigenvalue weighted by Crippen LogP contribution is -2.40. The standard InChI is InChI=1S/C29H32NO6P/c1-19(2)27(37(34,35)18-21(28(31)32)16-20-10-4-3-5-11-20)30-29(33)36-17-26-24-14-8-6-12-22(24)23-13-7-9-15-25(23)26/h3-15,19,21,26-27H,16-18H2,1-2H3,(H,30,33)(H,31,32)(H,34,35). The van der Waals surface area contributed by atoms with E-state index in [9.17, 15) is 24.2 Å². The number of rotatable bonds is 10. The van der Waals surface area contributed by atoms with Gasteiger partial charge in [-0.15, -0.1) is 0 Å². The van der Waals surface area contributed by atoms with Crippen molar-refractivity contribution >= 4 is 19.4 Å². The molecule has 0 bridgehead atoms. The molecule has 3 aromatic rings. The maximum Gasteiger partial charge on any atom is 0.407 e. The van der Waals surface area contributed by atoms with E-state index < -0.39 is 43.2 Å². The molecule has 0 fully saturated rings. The van der Waals surface area contributed by atoms with Crippen molar-refractivity contribution in [1.82, 2.24) is 5.32 Å². The van der Waals surface area contributed by atoms with Gasteiger partial charge in [0.1, 0.15) is 12.4 Å². The third-order valence-corrected chi connectivity index (χ3v) is 9.39. The summed E-state index contributed by atoms with van der Waals surface area (Å²) in [4.78, 5) is 35.7. The molecular formula is C29H32NO6P. The van der Waals surface area contributed by atoms with Crippen LogP contribution in [0.1, 0.15) is 36.5 Å². The van der Waals surface area contributed by atoms with Crippen LogP contribution in [0, 0.1) is 11.8 Å². The molecule has 1 aliphatic carbocycles. The van der Waals surface area contributed by atoms with Crippen molar-refractivity contribution in [2.24, 2.45) is 11.8 Å². The van der Waals surface area contributed by atoms with Gasteiger partial charge in [-0.25, -0.2) is 4.79 Å². The van der Waals surface area contributed by atoms with Crippen LogP contribution in [-0.4, -0.2) is 40.6 Å². The number of carboxylic acid groups (broad SMARTS) is 1. The Morgan fingerprint density at radius 1 is 0.919 bits per heavy atom. The Labute approximate surface area is 217 Å². The molecule has 3 unspecified atom stereocenters. The summed E-state index contributed by atoms with van der Waals surface area (Å²) < 4.78 is 19.0. The van der Waals surface area contributed by atoms with E-state index in [-0.39, 0.29) is 18.9 Å². The third kappa shape index (κ3) is 6.12. The van der Waals surface area contributed by atoms with Crippen LogP contribution in [0.3, 0.4) is 0 Å². The molecule has 3 aromatic carbocycles. The van der Waals surface area contributed by atoms with E-state index in [0.29, 0.717) is 0 Å². The highest BCUT2D eigenvalue weighted by atomic mass is 31.2. The first-order chi connectivity index (χ1) is 17.7. The molecule has 0 saturated heterocycles. The summed E-state index contributed by atoms with van der Waals surface area (Å²) in [5.74, 6) is -3.91. The highest BCUT2D eigenvalue weighted by Gasteiger charge is 2.39. The van der Waals surface area contributed by atoms with Gasteiger partial charge in [-0.1, -0.05) is 92.7 Å². The first-order valence-electron chi connectivity index (χ1n) is 12.4. The molecule has 1 amide bonds. The molecule has 7 nitrogen and oxygen atoms in total. The van der Waals surface area contributed by atoms with Gasteiger partial charge in [0.05, 0.1) is 5.92 Å². The zero-order valence-electron chi connectivity index (χ0n) is 20.9. The van der Waals surface area contributed by atoms with E-state index in [4.69, 9.17) is 4.74 Å². The normalized spacial score (nSPS) is 15.8. The van der Waals surface area contributed by atoms with Crippen LogP contribution in [0.25, 0.3) is 11.1 Å². The van der Waals surface area contributed by atoms with Crippen LogP contribution in [0.15, 0.2) is 78.9 Å². The number of aliphatic carboxylic acids is 1. The lowest BCUT2D eigenvalue weighted by Gasteiger charge is -2.29. The Hall–Kier alpha value is -3.41. The van der Waals surface area contributed by atoms with Gasteiger partial charge in [0, 0.05) is 12.1 Å². The fraction of sp³-hybridized carbons (Fsp3) is 0.310. The van der Waals surface area contributed by atoms with E-state index >= 15 is 0 Å². The van der Waals surface area contributed by atoms with Crippen molar-refractivity contribution in [2.75, 3.05) is 12.8 Å². The van der Waals surface area contributed by atoms with Crippen molar-refractivity contribution in [2.45, 2.75) is 32.0 Å². The molecule has 1 aliphatic rings. The maximum atomic E-state index is 13.4. The van der Waals surface area contributed by atoms with Crippen LogP contribution >= 0.6 is 7.37 Å². The Morgan fingerprint density at radius 3 is 2.00 bits per heavy atom. The molecule has 8 heteroatoms. The average Bonchev–Trinajstić information content (AvgIpc) is 3.19. The summed E-state index contributed by atoms with van der Waals surface area (Å²) in [6.45, 7) is 3.50. The number of carbonyl (C=O) groups excluding carboxylic acids is 1. The van der Waals surface area contributed by atoms with E-state index in [1.165, 1.54) is 0 Å². The number of hydrogen-bond acceptors (Lipinski definition) is 4. The van der Waals surface area contributed by atoms with E-state index in [1.807, 2.05) is 54.6 Å². The maximum absolute atomic E-state index is 13.4. The molecule has 0 saturated carbocycles. The molecule has 194 valence electrons. The minimum Gasteiger partial charge on any atom is -0.481 e. The Bertz CT molecular complexity index is 1260. The zero-order valence-corrected chi connectivity index (χ0v) is 21.8. The summed E-state index contributed by atoms with van der Waals surface area (Å²) in [6, 6.07) is 24.9. The van der Waals surface area contributed by atoms with E-state index in [1.54, 1.807) is 38.1 Å². The van der Waals surface area contributed by atoms with E-state index in [2.05, 4.69) is 5.32 Å². The van der Waals surface area contributed by atoms with Crippen molar-refractivity contribution in [1.29, 1.82) is 0 Å². The molecule has 3 N–H and O–H groups in total. The van der Waals surface area contributed by atoms with Crippen LogP contribution in [0.5, 0.6) is 0 Å².